The lowest BCUT2D eigenvalue weighted by atomic mass is 9.95. The molecule has 2 aromatic heterocycles. The summed E-state index contributed by atoms with van der Waals surface area (Å²) in [6.45, 7) is 1.71. The average Bonchev–Trinajstić information content (AvgIpc) is 2.97. The van der Waals surface area contributed by atoms with Crippen LogP contribution in [0.4, 0.5) is 0 Å². The standard InChI is InChI=1S/C15H20N4O2/c1-11(14(20)17-12-6-3-2-4-7-12)19-15(21)13-8-5-9-18(13)10-16-19/h5,8-12H,2-4,6-7H2,1H3,(H,17,20)/t11-/m1/s1. The maximum atomic E-state index is 12.3. The third-order valence-corrected chi connectivity index (χ3v) is 4.20. The second kappa shape index (κ2) is 5.71. The number of hydrogen-bond acceptors (Lipinski definition) is 3. The number of aromatic nitrogens is 3. The fraction of sp³-hybridized carbons (Fsp3) is 0.533. The Balaban J connectivity index is 1.79. The lowest BCUT2D eigenvalue weighted by Crippen LogP contribution is -2.42. The van der Waals surface area contributed by atoms with Crippen LogP contribution in [0.5, 0.6) is 0 Å². The maximum Gasteiger partial charge on any atom is 0.291 e. The molecule has 6 nitrogen and oxygen atoms in total. The highest BCUT2D eigenvalue weighted by Crippen LogP contribution is 2.18. The molecule has 0 unspecified atom stereocenters. The second-order valence-corrected chi connectivity index (χ2v) is 5.70. The third-order valence-electron chi connectivity index (χ3n) is 4.20. The van der Waals surface area contributed by atoms with Crippen LogP contribution in [0.15, 0.2) is 29.5 Å². The summed E-state index contributed by atoms with van der Waals surface area (Å²) in [6, 6.07) is 3.16. The number of amides is 1. The Kier molecular flexibility index (Phi) is 3.77. The molecule has 1 amide bonds. The quantitative estimate of drug-likeness (QED) is 0.930. The van der Waals surface area contributed by atoms with E-state index in [4.69, 9.17) is 0 Å². The van der Waals surface area contributed by atoms with E-state index in [9.17, 15) is 9.59 Å². The molecule has 0 saturated heterocycles. The fourth-order valence-electron chi connectivity index (χ4n) is 2.91. The van der Waals surface area contributed by atoms with Crippen LogP contribution in [0.25, 0.3) is 5.52 Å². The molecule has 0 spiro atoms. The number of carbonyl (C=O) groups is 1. The van der Waals surface area contributed by atoms with E-state index < -0.39 is 6.04 Å². The lowest BCUT2D eigenvalue weighted by molar-refractivity contribution is -0.125. The molecule has 0 radical (unpaired) electrons. The van der Waals surface area contributed by atoms with Crippen LogP contribution < -0.4 is 10.9 Å². The Morgan fingerprint density at radius 3 is 2.90 bits per heavy atom. The molecule has 1 aliphatic rings. The molecule has 1 atom stereocenters. The van der Waals surface area contributed by atoms with E-state index in [1.165, 1.54) is 11.1 Å². The van der Waals surface area contributed by atoms with Gasteiger partial charge in [0, 0.05) is 12.2 Å². The number of rotatable bonds is 3. The number of hydrogen-bond donors (Lipinski definition) is 1. The molecule has 0 aliphatic heterocycles. The lowest BCUT2D eigenvalue weighted by Gasteiger charge is -2.24. The van der Waals surface area contributed by atoms with Crippen LogP contribution in [0, 0.1) is 0 Å². The highest BCUT2D eigenvalue weighted by Gasteiger charge is 2.22. The average molecular weight is 288 g/mol. The highest BCUT2D eigenvalue weighted by atomic mass is 16.2. The number of nitrogens with zero attached hydrogens (tertiary/aromatic N) is 3. The molecule has 1 fully saturated rings. The van der Waals surface area contributed by atoms with Gasteiger partial charge in [-0.2, -0.15) is 5.10 Å². The predicted octanol–water partition coefficient (Wildman–Crippen LogP) is 1.51. The molecule has 21 heavy (non-hydrogen) atoms. The summed E-state index contributed by atoms with van der Waals surface area (Å²) < 4.78 is 2.91. The normalized spacial score (nSPS) is 17.8. The van der Waals surface area contributed by atoms with E-state index in [0.717, 1.165) is 25.7 Å². The van der Waals surface area contributed by atoms with E-state index in [2.05, 4.69) is 10.4 Å². The van der Waals surface area contributed by atoms with Gasteiger partial charge in [-0.3, -0.25) is 9.59 Å². The monoisotopic (exact) mass is 288 g/mol. The van der Waals surface area contributed by atoms with Gasteiger partial charge in [-0.1, -0.05) is 19.3 Å². The van der Waals surface area contributed by atoms with Crippen molar-refractivity contribution in [1.82, 2.24) is 19.5 Å². The first-order valence-electron chi connectivity index (χ1n) is 7.51. The summed E-state index contributed by atoms with van der Waals surface area (Å²) in [5.41, 5.74) is 0.288. The Morgan fingerprint density at radius 2 is 2.14 bits per heavy atom. The van der Waals surface area contributed by atoms with Gasteiger partial charge in [0.25, 0.3) is 5.56 Å². The Morgan fingerprint density at radius 1 is 1.38 bits per heavy atom. The van der Waals surface area contributed by atoms with Crippen molar-refractivity contribution in [3.63, 3.8) is 0 Å². The number of carbonyl (C=O) groups excluding carboxylic acids is 1. The van der Waals surface area contributed by atoms with E-state index in [-0.39, 0.29) is 17.5 Å². The van der Waals surface area contributed by atoms with Crippen molar-refractivity contribution in [3.05, 3.63) is 35.0 Å². The first kappa shape index (κ1) is 13.9. The smallest absolute Gasteiger partial charge is 0.291 e. The van der Waals surface area contributed by atoms with Gasteiger partial charge in [-0.05, 0) is 31.9 Å². The largest absolute Gasteiger partial charge is 0.352 e. The Bertz CT molecular complexity index is 697. The van der Waals surface area contributed by atoms with Crippen LogP contribution in [-0.2, 0) is 4.79 Å². The zero-order chi connectivity index (χ0) is 14.8. The van der Waals surface area contributed by atoms with Gasteiger partial charge < -0.3 is 9.72 Å². The maximum absolute atomic E-state index is 12.3. The van der Waals surface area contributed by atoms with Gasteiger partial charge in [0.1, 0.15) is 17.9 Å². The predicted molar refractivity (Wildman–Crippen MR) is 79.2 cm³/mol. The van der Waals surface area contributed by atoms with Crippen molar-refractivity contribution < 1.29 is 4.79 Å². The van der Waals surface area contributed by atoms with Crippen molar-refractivity contribution in [2.75, 3.05) is 0 Å². The zero-order valence-corrected chi connectivity index (χ0v) is 12.2. The summed E-state index contributed by atoms with van der Waals surface area (Å²) in [5, 5.41) is 7.14. The summed E-state index contributed by atoms with van der Waals surface area (Å²) >= 11 is 0. The molecule has 2 aromatic rings. The summed E-state index contributed by atoms with van der Waals surface area (Å²) in [5.74, 6) is -0.132. The van der Waals surface area contributed by atoms with E-state index in [1.54, 1.807) is 36.0 Å². The SMILES string of the molecule is C[C@H](C(=O)NC1CCCCC1)n1ncn2cccc2c1=O. The van der Waals surface area contributed by atoms with Gasteiger partial charge in [-0.25, -0.2) is 4.68 Å². The Hall–Kier alpha value is -2.11. The van der Waals surface area contributed by atoms with E-state index in [1.807, 2.05) is 0 Å². The van der Waals surface area contributed by atoms with Crippen LogP contribution in [-0.4, -0.2) is 26.1 Å². The van der Waals surface area contributed by atoms with E-state index in [0.29, 0.717) is 5.52 Å². The number of fused-ring (bicyclic) bond motifs is 1. The summed E-state index contributed by atoms with van der Waals surface area (Å²) in [7, 11) is 0. The molecule has 0 bridgehead atoms. The molecule has 0 aromatic carbocycles. The molecular formula is C15H20N4O2. The van der Waals surface area contributed by atoms with Crippen molar-refractivity contribution in [1.29, 1.82) is 0 Å². The second-order valence-electron chi connectivity index (χ2n) is 5.70. The molecule has 3 rings (SSSR count). The first-order chi connectivity index (χ1) is 10.2. The van der Waals surface area contributed by atoms with E-state index >= 15 is 0 Å². The molecule has 1 N–H and O–H groups in total. The van der Waals surface area contributed by atoms with Crippen molar-refractivity contribution in [2.45, 2.75) is 51.1 Å². The topological polar surface area (TPSA) is 68.4 Å². The van der Waals surface area contributed by atoms with Crippen molar-refractivity contribution >= 4 is 11.4 Å². The minimum Gasteiger partial charge on any atom is -0.352 e. The van der Waals surface area contributed by atoms with Gasteiger partial charge in [0.05, 0.1) is 0 Å². The van der Waals surface area contributed by atoms with Crippen molar-refractivity contribution in [2.24, 2.45) is 0 Å². The molecular weight excluding hydrogens is 268 g/mol. The first-order valence-corrected chi connectivity index (χ1v) is 7.51. The number of nitrogens with one attached hydrogen (secondary N) is 1. The molecule has 1 saturated carbocycles. The van der Waals surface area contributed by atoms with Gasteiger partial charge in [0.2, 0.25) is 5.91 Å². The third kappa shape index (κ3) is 2.70. The zero-order valence-electron chi connectivity index (χ0n) is 12.2. The minimum absolute atomic E-state index is 0.132. The molecule has 112 valence electrons. The molecule has 2 heterocycles. The van der Waals surface area contributed by atoms with Crippen LogP contribution >= 0.6 is 0 Å². The van der Waals surface area contributed by atoms with Gasteiger partial charge in [0.15, 0.2) is 0 Å². The minimum atomic E-state index is -0.598. The summed E-state index contributed by atoms with van der Waals surface area (Å²) in [4.78, 5) is 24.6. The summed E-state index contributed by atoms with van der Waals surface area (Å²) in [6.07, 6.45) is 8.94. The van der Waals surface area contributed by atoms with Crippen LogP contribution in [0.3, 0.4) is 0 Å². The molecule has 6 heteroatoms. The van der Waals surface area contributed by atoms with Gasteiger partial charge in [-0.15, -0.1) is 0 Å². The fourth-order valence-corrected chi connectivity index (χ4v) is 2.91. The molecule has 1 aliphatic carbocycles. The van der Waals surface area contributed by atoms with Gasteiger partial charge >= 0.3 is 0 Å². The Labute approximate surface area is 122 Å². The van der Waals surface area contributed by atoms with Crippen molar-refractivity contribution in [3.8, 4) is 0 Å². The highest BCUT2D eigenvalue weighted by molar-refractivity contribution is 5.80. The van der Waals surface area contributed by atoms with Crippen LogP contribution in [0.1, 0.15) is 45.1 Å². The van der Waals surface area contributed by atoms with Crippen LogP contribution in [0.2, 0.25) is 0 Å².